The van der Waals surface area contributed by atoms with E-state index in [1.165, 1.54) is 0 Å². The van der Waals surface area contributed by atoms with Gasteiger partial charge in [0.05, 0.1) is 12.3 Å². The van der Waals surface area contributed by atoms with Crippen LogP contribution in [0.3, 0.4) is 0 Å². The molecule has 2 N–H and O–H groups in total. The van der Waals surface area contributed by atoms with Crippen molar-refractivity contribution in [2.45, 2.75) is 58.2 Å². The molecule has 1 unspecified atom stereocenters. The van der Waals surface area contributed by atoms with Gasteiger partial charge >= 0.3 is 0 Å². The molecule has 0 aromatic rings. The highest BCUT2D eigenvalue weighted by Gasteiger charge is 2.33. The van der Waals surface area contributed by atoms with Gasteiger partial charge in [0.25, 0.3) is 0 Å². The summed E-state index contributed by atoms with van der Waals surface area (Å²) in [6.45, 7) is 8.68. The first kappa shape index (κ1) is 17.4. The van der Waals surface area contributed by atoms with Crippen LogP contribution in [0.25, 0.3) is 0 Å². The number of piperidine rings is 1. The second-order valence-electron chi connectivity index (χ2n) is 6.53. The Labute approximate surface area is 122 Å². The average molecular weight is 305 g/mol. The van der Waals surface area contributed by atoms with E-state index in [1.807, 2.05) is 13.8 Å². The minimum Gasteiger partial charge on any atom is -0.339 e. The molecule has 1 aliphatic heterocycles. The van der Waals surface area contributed by atoms with Crippen LogP contribution in [0.5, 0.6) is 0 Å². The molecule has 1 fully saturated rings. The van der Waals surface area contributed by atoms with Crippen LogP contribution in [0.2, 0.25) is 0 Å². The molecule has 1 amide bonds. The zero-order valence-corrected chi connectivity index (χ0v) is 13.9. The topological polar surface area (TPSA) is 78.5 Å². The minimum absolute atomic E-state index is 0.0633. The Bertz CT molecular complexity index is 446. The van der Waals surface area contributed by atoms with Gasteiger partial charge in [-0.3, -0.25) is 4.79 Å². The maximum Gasteiger partial charge on any atom is 0.239 e. The summed E-state index contributed by atoms with van der Waals surface area (Å²) >= 11 is 0. The van der Waals surface area contributed by atoms with Crippen molar-refractivity contribution in [1.29, 1.82) is 0 Å². The summed E-state index contributed by atoms with van der Waals surface area (Å²) in [6.07, 6.45) is 2.91. The second-order valence-corrected chi connectivity index (χ2v) is 8.28. The molecule has 0 aliphatic carbocycles. The average Bonchev–Trinajstić information content (AvgIpc) is 2.19. The maximum absolute atomic E-state index is 12.4. The fourth-order valence-corrected chi connectivity index (χ4v) is 3.73. The van der Waals surface area contributed by atoms with Crippen molar-refractivity contribution in [3.05, 3.63) is 0 Å². The molecule has 1 rings (SSSR count). The van der Waals surface area contributed by atoms with Crippen LogP contribution in [0, 0.1) is 0 Å². The van der Waals surface area contributed by atoms with Crippen LogP contribution in [0.4, 0.5) is 0 Å². The quantitative estimate of drug-likeness (QED) is 0.740. The number of nitrogens with one attached hydrogen (secondary N) is 2. The number of likely N-dealkylation sites (tertiary alicyclic amines) is 1. The first-order chi connectivity index (χ1) is 9.00. The van der Waals surface area contributed by atoms with Crippen molar-refractivity contribution in [2.75, 3.05) is 19.3 Å². The summed E-state index contributed by atoms with van der Waals surface area (Å²) in [6, 6.07) is 0.101. The van der Waals surface area contributed by atoms with Crippen LogP contribution >= 0.6 is 0 Å². The molecule has 6 nitrogen and oxygen atoms in total. The molecule has 0 aromatic carbocycles. The van der Waals surface area contributed by atoms with Crippen molar-refractivity contribution in [3.8, 4) is 0 Å². The van der Waals surface area contributed by atoms with Gasteiger partial charge in [-0.05, 0) is 26.7 Å². The summed E-state index contributed by atoms with van der Waals surface area (Å²) in [4.78, 5) is 14.1. The van der Waals surface area contributed by atoms with Gasteiger partial charge in [0, 0.05) is 24.7 Å². The molecule has 20 heavy (non-hydrogen) atoms. The highest BCUT2D eigenvalue weighted by molar-refractivity contribution is 7.88. The monoisotopic (exact) mass is 305 g/mol. The molecule has 1 saturated heterocycles. The van der Waals surface area contributed by atoms with Gasteiger partial charge in [0.2, 0.25) is 15.9 Å². The van der Waals surface area contributed by atoms with E-state index in [4.69, 9.17) is 0 Å². The summed E-state index contributed by atoms with van der Waals surface area (Å²) in [5.74, 6) is 0.0633. The third-order valence-corrected chi connectivity index (χ3v) is 4.04. The van der Waals surface area contributed by atoms with Gasteiger partial charge in [0.15, 0.2) is 0 Å². The molecule has 0 spiro atoms. The van der Waals surface area contributed by atoms with Crippen LogP contribution in [0.15, 0.2) is 0 Å². The lowest BCUT2D eigenvalue weighted by molar-refractivity contribution is -0.137. The van der Waals surface area contributed by atoms with Gasteiger partial charge in [-0.1, -0.05) is 13.8 Å². The molecule has 118 valence electrons. The maximum atomic E-state index is 12.4. The van der Waals surface area contributed by atoms with E-state index in [2.05, 4.69) is 10.0 Å². The number of hydrogen-bond donors (Lipinski definition) is 2. The highest BCUT2D eigenvalue weighted by Crippen LogP contribution is 2.16. The molecular formula is C13H27N3O3S. The minimum atomic E-state index is -3.29. The SMILES string of the molecule is CC(C)NC1CCCN(CC(C)(C)NS(C)(=O)=O)C1=O. The lowest BCUT2D eigenvalue weighted by atomic mass is 10.00. The smallest absolute Gasteiger partial charge is 0.239 e. The first-order valence-corrected chi connectivity index (χ1v) is 8.93. The van der Waals surface area contributed by atoms with E-state index in [0.29, 0.717) is 13.1 Å². The molecule has 1 heterocycles. The number of carbonyl (C=O) groups excluding carboxylic acids is 1. The van der Waals surface area contributed by atoms with Gasteiger partial charge in [-0.15, -0.1) is 0 Å². The molecule has 0 bridgehead atoms. The summed E-state index contributed by atoms with van der Waals surface area (Å²) in [5, 5.41) is 3.27. The van der Waals surface area contributed by atoms with Crippen LogP contribution in [-0.2, 0) is 14.8 Å². The van der Waals surface area contributed by atoms with Crippen molar-refractivity contribution in [2.24, 2.45) is 0 Å². The third kappa shape index (κ3) is 5.76. The lowest BCUT2D eigenvalue weighted by Crippen LogP contribution is -2.58. The third-order valence-electron chi connectivity index (χ3n) is 3.11. The Balaban J connectivity index is 2.69. The molecule has 1 atom stereocenters. The number of nitrogens with zero attached hydrogens (tertiary/aromatic N) is 1. The van der Waals surface area contributed by atoms with E-state index in [9.17, 15) is 13.2 Å². The van der Waals surface area contributed by atoms with E-state index >= 15 is 0 Å². The lowest BCUT2D eigenvalue weighted by Gasteiger charge is -2.38. The van der Waals surface area contributed by atoms with Crippen LogP contribution in [0.1, 0.15) is 40.5 Å². The Morgan fingerprint density at radius 1 is 1.40 bits per heavy atom. The van der Waals surface area contributed by atoms with Gasteiger partial charge < -0.3 is 10.2 Å². The normalized spacial score (nSPS) is 21.6. The van der Waals surface area contributed by atoms with Crippen LogP contribution < -0.4 is 10.0 Å². The Hall–Kier alpha value is -0.660. The van der Waals surface area contributed by atoms with Gasteiger partial charge in [0.1, 0.15) is 0 Å². The van der Waals surface area contributed by atoms with Crippen molar-refractivity contribution < 1.29 is 13.2 Å². The zero-order valence-electron chi connectivity index (χ0n) is 13.1. The van der Waals surface area contributed by atoms with Crippen molar-refractivity contribution >= 4 is 15.9 Å². The van der Waals surface area contributed by atoms with Crippen LogP contribution in [-0.4, -0.2) is 56.2 Å². The fourth-order valence-electron chi connectivity index (χ4n) is 2.67. The molecule has 7 heteroatoms. The molecule has 0 aromatic heterocycles. The summed E-state index contributed by atoms with van der Waals surface area (Å²) < 4.78 is 25.3. The van der Waals surface area contributed by atoms with Gasteiger partial charge in [-0.2, -0.15) is 0 Å². The Kier molecular flexibility index (Phi) is 5.57. The zero-order chi connectivity index (χ0) is 15.6. The largest absolute Gasteiger partial charge is 0.339 e. The fraction of sp³-hybridized carbons (Fsp3) is 0.923. The number of hydrogen-bond acceptors (Lipinski definition) is 4. The first-order valence-electron chi connectivity index (χ1n) is 7.04. The standard InChI is InChI=1S/C13H27N3O3S/c1-10(2)14-11-7-6-8-16(12(11)17)9-13(3,4)15-20(5,18)19/h10-11,14-15H,6-9H2,1-5H3. The molecule has 1 aliphatic rings. The second kappa shape index (κ2) is 6.41. The number of rotatable bonds is 6. The number of carbonyl (C=O) groups is 1. The molecule has 0 radical (unpaired) electrons. The van der Waals surface area contributed by atoms with E-state index in [1.54, 1.807) is 18.7 Å². The van der Waals surface area contributed by atoms with E-state index in [-0.39, 0.29) is 18.0 Å². The molecular weight excluding hydrogens is 278 g/mol. The van der Waals surface area contributed by atoms with E-state index < -0.39 is 15.6 Å². The summed E-state index contributed by atoms with van der Waals surface area (Å²) in [5.41, 5.74) is -0.664. The number of sulfonamides is 1. The number of amides is 1. The Morgan fingerprint density at radius 3 is 2.50 bits per heavy atom. The Morgan fingerprint density at radius 2 is 2.00 bits per heavy atom. The van der Waals surface area contributed by atoms with E-state index in [0.717, 1.165) is 19.1 Å². The highest BCUT2D eigenvalue weighted by atomic mass is 32.2. The summed E-state index contributed by atoms with van der Waals surface area (Å²) in [7, 11) is -3.29. The van der Waals surface area contributed by atoms with Crippen molar-refractivity contribution in [3.63, 3.8) is 0 Å². The molecule has 0 saturated carbocycles. The van der Waals surface area contributed by atoms with Gasteiger partial charge in [-0.25, -0.2) is 13.1 Å². The predicted octanol–water partition coefficient (Wildman–Crippen LogP) is 0.303. The predicted molar refractivity (Wildman–Crippen MR) is 79.9 cm³/mol. The van der Waals surface area contributed by atoms with Crippen molar-refractivity contribution in [1.82, 2.24) is 14.9 Å².